The predicted octanol–water partition coefficient (Wildman–Crippen LogP) is 3.29. The van der Waals surface area contributed by atoms with Crippen molar-refractivity contribution in [2.75, 3.05) is 0 Å². The molecule has 1 nitrogen and oxygen atoms in total. The lowest BCUT2D eigenvalue weighted by molar-refractivity contribution is 0.0859. The molecule has 0 aliphatic rings. The maximum Gasteiger partial charge on any atom is 0.169 e. The van der Waals surface area contributed by atoms with Gasteiger partial charge in [0, 0.05) is 21.2 Å². The Balaban J connectivity index is 2.93. The van der Waals surface area contributed by atoms with E-state index in [4.69, 9.17) is 0 Å². The molecule has 0 aliphatic carbocycles. The van der Waals surface area contributed by atoms with E-state index >= 15 is 0 Å². The number of carbonyl (C=O) groups excluding carboxylic acids is 1. The SMILES string of the molecule is Cc1cc(C(=O)C(C)(C)C)cs1. The molecular weight excluding hydrogens is 168 g/mol. The van der Waals surface area contributed by atoms with Gasteiger partial charge in [0.15, 0.2) is 5.78 Å². The molecule has 0 aliphatic heterocycles. The summed E-state index contributed by atoms with van der Waals surface area (Å²) in [7, 11) is 0. The number of hydrogen-bond donors (Lipinski definition) is 0. The van der Waals surface area contributed by atoms with Crippen LogP contribution in [0.2, 0.25) is 0 Å². The van der Waals surface area contributed by atoms with Crippen molar-refractivity contribution < 1.29 is 4.79 Å². The molecular formula is C10H14OS. The van der Waals surface area contributed by atoms with E-state index in [1.54, 1.807) is 11.3 Å². The fourth-order valence-corrected chi connectivity index (χ4v) is 1.68. The van der Waals surface area contributed by atoms with Crippen molar-refractivity contribution in [3.8, 4) is 0 Å². The Kier molecular flexibility index (Phi) is 2.38. The van der Waals surface area contributed by atoms with Gasteiger partial charge in [-0.3, -0.25) is 4.79 Å². The number of Topliss-reactive ketones (excluding diaryl/α,β-unsaturated/α-hetero) is 1. The van der Waals surface area contributed by atoms with Crippen molar-refractivity contribution in [2.24, 2.45) is 5.41 Å². The lowest BCUT2D eigenvalue weighted by Crippen LogP contribution is -2.19. The fourth-order valence-electron chi connectivity index (χ4n) is 0.996. The lowest BCUT2D eigenvalue weighted by atomic mass is 9.87. The lowest BCUT2D eigenvalue weighted by Gasteiger charge is -2.14. The summed E-state index contributed by atoms with van der Waals surface area (Å²) in [6.07, 6.45) is 0. The van der Waals surface area contributed by atoms with Crippen LogP contribution in [0.3, 0.4) is 0 Å². The summed E-state index contributed by atoms with van der Waals surface area (Å²) in [4.78, 5) is 12.9. The van der Waals surface area contributed by atoms with Gasteiger partial charge >= 0.3 is 0 Å². The van der Waals surface area contributed by atoms with Crippen LogP contribution in [0.25, 0.3) is 0 Å². The molecule has 0 radical (unpaired) electrons. The molecule has 0 saturated carbocycles. The normalized spacial score (nSPS) is 11.7. The zero-order valence-electron chi connectivity index (χ0n) is 7.97. The summed E-state index contributed by atoms with van der Waals surface area (Å²) < 4.78 is 0. The van der Waals surface area contributed by atoms with E-state index in [2.05, 4.69) is 0 Å². The minimum Gasteiger partial charge on any atom is -0.294 e. The highest BCUT2D eigenvalue weighted by molar-refractivity contribution is 7.10. The highest BCUT2D eigenvalue weighted by atomic mass is 32.1. The van der Waals surface area contributed by atoms with E-state index in [9.17, 15) is 4.79 Å². The molecule has 66 valence electrons. The van der Waals surface area contributed by atoms with Crippen LogP contribution in [0, 0.1) is 12.3 Å². The number of rotatable bonds is 1. The first-order chi connectivity index (χ1) is 5.41. The highest BCUT2D eigenvalue weighted by Crippen LogP contribution is 2.23. The Morgan fingerprint density at radius 1 is 1.42 bits per heavy atom. The number of carbonyl (C=O) groups is 1. The Morgan fingerprint density at radius 3 is 2.33 bits per heavy atom. The first-order valence-electron chi connectivity index (χ1n) is 4.01. The van der Waals surface area contributed by atoms with Crippen LogP contribution in [0.5, 0.6) is 0 Å². The Hall–Kier alpha value is -0.630. The first-order valence-corrected chi connectivity index (χ1v) is 4.89. The molecule has 0 amide bonds. The van der Waals surface area contributed by atoms with Gasteiger partial charge in [0.2, 0.25) is 0 Å². The van der Waals surface area contributed by atoms with E-state index in [1.807, 2.05) is 39.1 Å². The second-order valence-electron chi connectivity index (χ2n) is 4.03. The molecule has 0 bridgehead atoms. The van der Waals surface area contributed by atoms with Gasteiger partial charge in [0.05, 0.1) is 0 Å². The monoisotopic (exact) mass is 182 g/mol. The molecule has 0 atom stereocenters. The van der Waals surface area contributed by atoms with Crippen LogP contribution in [0.4, 0.5) is 0 Å². The molecule has 0 fully saturated rings. The number of thiophene rings is 1. The van der Waals surface area contributed by atoms with Crippen molar-refractivity contribution in [2.45, 2.75) is 27.7 Å². The average Bonchev–Trinajstić information content (AvgIpc) is 2.32. The van der Waals surface area contributed by atoms with Crippen LogP contribution >= 0.6 is 11.3 Å². The third-order valence-electron chi connectivity index (χ3n) is 1.67. The number of hydrogen-bond acceptors (Lipinski definition) is 2. The van der Waals surface area contributed by atoms with E-state index in [0.29, 0.717) is 0 Å². The number of ketones is 1. The Morgan fingerprint density at radius 2 is 2.00 bits per heavy atom. The Bertz CT molecular complexity index is 291. The molecule has 1 rings (SSSR count). The van der Waals surface area contributed by atoms with Crippen LogP contribution in [-0.4, -0.2) is 5.78 Å². The van der Waals surface area contributed by atoms with Crippen molar-refractivity contribution in [3.05, 3.63) is 21.9 Å². The average molecular weight is 182 g/mol. The van der Waals surface area contributed by atoms with Gasteiger partial charge in [-0.2, -0.15) is 0 Å². The fraction of sp³-hybridized carbons (Fsp3) is 0.500. The molecule has 0 aromatic carbocycles. The van der Waals surface area contributed by atoms with Crippen molar-refractivity contribution in [1.82, 2.24) is 0 Å². The van der Waals surface area contributed by atoms with Gasteiger partial charge in [-0.25, -0.2) is 0 Å². The second-order valence-corrected chi connectivity index (χ2v) is 5.14. The molecule has 1 aromatic heterocycles. The van der Waals surface area contributed by atoms with E-state index < -0.39 is 0 Å². The second kappa shape index (κ2) is 3.02. The quantitative estimate of drug-likeness (QED) is 0.609. The van der Waals surface area contributed by atoms with Gasteiger partial charge in [-0.15, -0.1) is 11.3 Å². The standard InChI is InChI=1S/C10H14OS/c1-7-5-8(6-12-7)9(11)10(2,3)4/h5-6H,1-4H3. The minimum absolute atomic E-state index is 0.229. The summed E-state index contributed by atoms with van der Waals surface area (Å²) in [5.41, 5.74) is 0.595. The molecule has 0 saturated heterocycles. The van der Waals surface area contributed by atoms with Crippen LogP contribution < -0.4 is 0 Å². The van der Waals surface area contributed by atoms with Gasteiger partial charge < -0.3 is 0 Å². The van der Waals surface area contributed by atoms with Crippen LogP contribution in [0.15, 0.2) is 11.4 Å². The Labute approximate surface area is 77.4 Å². The van der Waals surface area contributed by atoms with Crippen molar-refractivity contribution >= 4 is 17.1 Å². The van der Waals surface area contributed by atoms with Crippen LogP contribution in [-0.2, 0) is 0 Å². The van der Waals surface area contributed by atoms with E-state index in [0.717, 1.165) is 5.56 Å². The van der Waals surface area contributed by atoms with Crippen LogP contribution in [0.1, 0.15) is 36.0 Å². The maximum absolute atomic E-state index is 11.7. The molecule has 1 aromatic rings. The maximum atomic E-state index is 11.7. The molecule has 1 heterocycles. The first kappa shape index (κ1) is 9.46. The molecule has 2 heteroatoms. The highest BCUT2D eigenvalue weighted by Gasteiger charge is 2.23. The van der Waals surface area contributed by atoms with Crippen molar-refractivity contribution in [1.29, 1.82) is 0 Å². The van der Waals surface area contributed by atoms with E-state index in [-0.39, 0.29) is 11.2 Å². The zero-order chi connectivity index (χ0) is 9.35. The number of aryl methyl sites for hydroxylation is 1. The van der Waals surface area contributed by atoms with Gasteiger partial charge in [0.1, 0.15) is 0 Å². The topological polar surface area (TPSA) is 17.1 Å². The summed E-state index contributed by atoms with van der Waals surface area (Å²) >= 11 is 1.63. The molecule has 0 N–H and O–H groups in total. The minimum atomic E-state index is -0.256. The summed E-state index contributed by atoms with van der Waals surface area (Å²) in [6, 6.07) is 1.96. The smallest absolute Gasteiger partial charge is 0.169 e. The molecule has 12 heavy (non-hydrogen) atoms. The summed E-state index contributed by atoms with van der Waals surface area (Å²) in [6.45, 7) is 7.86. The van der Waals surface area contributed by atoms with Gasteiger partial charge in [-0.1, -0.05) is 20.8 Å². The largest absolute Gasteiger partial charge is 0.294 e. The molecule has 0 unspecified atom stereocenters. The third kappa shape index (κ3) is 1.95. The van der Waals surface area contributed by atoms with Crippen molar-refractivity contribution in [3.63, 3.8) is 0 Å². The van der Waals surface area contributed by atoms with E-state index in [1.165, 1.54) is 4.88 Å². The zero-order valence-corrected chi connectivity index (χ0v) is 8.79. The summed E-state index contributed by atoms with van der Waals surface area (Å²) in [5.74, 6) is 0.229. The third-order valence-corrected chi connectivity index (χ3v) is 2.54. The summed E-state index contributed by atoms with van der Waals surface area (Å²) in [5, 5.41) is 1.93. The van der Waals surface area contributed by atoms with Gasteiger partial charge in [0.25, 0.3) is 0 Å². The van der Waals surface area contributed by atoms with Gasteiger partial charge in [-0.05, 0) is 13.0 Å². The molecule has 0 spiro atoms. The predicted molar refractivity (Wildman–Crippen MR) is 52.8 cm³/mol.